The maximum Gasteiger partial charge on any atom is 0.212 e. The Morgan fingerprint density at radius 3 is 1.15 bits per heavy atom. The summed E-state index contributed by atoms with van der Waals surface area (Å²) in [6.07, 6.45) is 24.1. The highest BCUT2D eigenvalue weighted by molar-refractivity contribution is 6.11. The van der Waals surface area contributed by atoms with E-state index in [9.17, 15) is 24.9 Å². The largest absolute Gasteiger partial charge is 0.394 e. The predicted octanol–water partition coefficient (Wildman–Crippen LogP) is 7.63. The Morgan fingerprint density at radius 1 is 0.564 bits per heavy atom. The molecule has 3 N–H and O–H groups in total. The summed E-state index contributed by atoms with van der Waals surface area (Å²) in [5.41, 5.74) is -2.07. The molecule has 0 radical (unpaired) electrons. The van der Waals surface area contributed by atoms with Gasteiger partial charge in [0.05, 0.1) is 19.8 Å². The molecule has 0 rings (SSSR count). The fraction of sp³-hybridized carbons (Fsp3) is 0.939. The molecule has 0 aliphatic rings. The first-order valence-electron chi connectivity index (χ1n) is 16.6. The van der Waals surface area contributed by atoms with Crippen LogP contribution in [0, 0.1) is 0 Å². The van der Waals surface area contributed by atoms with Crippen LogP contribution in [0.2, 0.25) is 0 Å². The van der Waals surface area contributed by atoms with Gasteiger partial charge in [-0.15, -0.1) is 0 Å². The number of carbonyl (C=O) groups is 2. The van der Waals surface area contributed by atoms with Crippen molar-refractivity contribution >= 4 is 11.6 Å². The minimum Gasteiger partial charge on any atom is -0.394 e. The Morgan fingerprint density at radius 2 is 0.872 bits per heavy atom. The van der Waals surface area contributed by atoms with Crippen LogP contribution in [0.3, 0.4) is 0 Å². The van der Waals surface area contributed by atoms with Crippen molar-refractivity contribution in [3.8, 4) is 0 Å². The van der Waals surface area contributed by atoms with E-state index in [2.05, 4.69) is 13.8 Å². The molecule has 0 aromatic carbocycles. The summed E-state index contributed by atoms with van der Waals surface area (Å²) in [7, 11) is 0. The fourth-order valence-electron chi connectivity index (χ4n) is 5.39. The molecule has 0 bridgehead atoms. The second kappa shape index (κ2) is 27.4. The zero-order chi connectivity index (χ0) is 29.0. The van der Waals surface area contributed by atoms with Crippen LogP contribution < -0.4 is 0 Å². The van der Waals surface area contributed by atoms with Crippen molar-refractivity contribution in [2.75, 3.05) is 19.8 Å². The minimum atomic E-state index is -2.07. The first-order chi connectivity index (χ1) is 19.0. The van der Waals surface area contributed by atoms with Gasteiger partial charge < -0.3 is 20.1 Å². The standard InChI is InChI=1S/C33H64O6/c1-3-5-7-9-11-13-15-17-19-21-23-25-30(36)33(32(38)29-35,39-28-27-34)31(37)26-24-22-20-18-16-14-12-10-8-6-4-2/h32,34-35,38H,3-29H2,1-2H3. The Bertz CT molecular complexity index is 526. The van der Waals surface area contributed by atoms with Gasteiger partial charge in [0.2, 0.25) is 5.60 Å². The first kappa shape index (κ1) is 38.2. The average molecular weight is 557 g/mol. The molecule has 6 nitrogen and oxygen atoms in total. The van der Waals surface area contributed by atoms with Crippen LogP contribution in [0.25, 0.3) is 0 Å². The monoisotopic (exact) mass is 556 g/mol. The number of carbonyl (C=O) groups excluding carboxylic acids is 2. The second-order valence-electron chi connectivity index (χ2n) is 11.4. The summed E-state index contributed by atoms with van der Waals surface area (Å²) in [5.74, 6) is -0.942. The Hall–Kier alpha value is -0.820. The van der Waals surface area contributed by atoms with Crippen molar-refractivity contribution < 1.29 is 29.6 Å². The number of aliphatic hydroxyl groups excluding tert-OH is 3. The summed E-state index contributed by atoms with van der Waals surface area (Å²) in [6.45, 7) is 3.13. The molecule has 0 spiro atoms. The summed E-state index contributed by atoms with van der Waals surface area (Å²) < 4.78 is 5.60. The molecule has 0 aromatic rings. The minimum absolute atomic E-state index is 0.128. The molecule has 0 heterocycles. The lowest BCUT2D eigenvalue weighted by atomic mass is 9.82. The summed E-state index contributed by atoms with van der Waals surface area (Å²) in [4.78, 5) is 26.6. The smallest absolute Gasteiger partial charge is 0.212 e. The number of unbranched alkanes of at least 4 members (excludes halogenated alkanes) is 20. The van der Waals surface area contributed by atoms with E-state index in [1.54, 1.807) is 0 Å². The van der Waals surface area contributed by atoms with E-state index < -0.39 is 29.9 Å². The van der Waals surface area contributed by atoms with Crippen molar-refractivity contribution in [2.24, 2.45) is 0 Å². The number of rotatable bonds is 31. The molecule has 0 amide bonds. The van der Waals surface area contributed by atoms with E-state index in [-0.39, 0.29) is 26.1 Å². The summed E-state index contributed by atoms with van der Waals surface area (Å²) >= 11 is 0. The number of ether oxygens (including phenoxy) is 1. The molecular weight excluding hydrogens is 492 g/mol. The van der Waals surface area contributed by atoms with E-state index >= 15 is 0 Å². The fourth-order valence-corrected chi connectivity index (χ4v) is 5.39. The third-order valence-corrected chi connectivity index (χ3v) is 7.91. The quantitative estimate of drug-likeness (QED) is 0.0599. The normalized spacial score (nSPS) is 12.6. The maximum atomic E-state index is 13.3. The Balaban J connectivity index is 4.51. The van der Waals surface area contributed by atoms with E-state index in [4.69, 9.17) is 4.74 Å². The van der Waals surface area contributed by atoms with E-state index in [0.29, 0.717) is 12.8 Å². The number of ketones is 2. The van der Waals surface area contributed by atoms with Gasteiger partial charge in [0.1, 0.15) is 6.10 Å². The highest BCUT2D eigenvalue weighted by Gasteiger charge is 2.51. The number of hydrogen-bond acceptors (Lipinski definition) is 6. The van der Waals surface area contributed by atoms with Gasteiger partial charge in [0, 0.05) is 12.8 Å². The van der Waals surface area contributed by atoms with Crippen LogP contribution >= 0.6 is 0 Å². The van der Waals surface area contributed by atoms with Crippen LogP contribution in [-0.4, -0.2) is 58.4 Å². The van der Waals surface area contributed by atoms with E-state index in [1.165, 1.54) is 89.9 Å². The lowest BCUT2D eigenvalue weighted by molar-refractivity contribution is -0.179. The van der Waals surface area contributed by atoms with E-state index in [0.717, 1.165) is 38.5 Å². The Labute approximate surface area is 240 Å². The highest BCUT2D eigenvalue weighted by Crippen LogP contribution is 2.26. The van der Waals surface area contributed by atoms with Crippen LogP contribution in [0.1, 0.15) is 168 Å². The third-order valence-electron chi connectivity index (χ3n) is 7.91. The van der Waals surface area contributed by atoms with Gasteiger partial charge in [-0.1, -0.05) is 142 Å². The van der Waals surface area contributed by atoms with Gasteiger partial charge in [-0.05, 0) is 12.8 Å². The van der Waals surface area contributed by atoms with Gasteiger partial charge in [-0.2, -0.15) is 0 Å². The van der Waals surface area contributed by atoms with Gasteiger partial charge in [0.25, 0.3) is 0 Å². The molecule has 0 fully saturated rings. The van der Waals surface area contributed by atoms with Gasteiger partial charge in [-0.3, -0.25) is 9.59 Å². The molecular formula is C33H64O6. The maximum absolute atomic E-state index is 13.3. The van der Waals surface area contributed by atoms with Crippen molar-refractivity contribution in [3.05, 3.63) is 0 Å². The summed E-state index contributed by atoms with van der Waals surface area (Å²) in [6, 6.07) is 0. The predicted molar refractivity (Wildman–Crippen MR) is 161 cm³/mol. The number of hydrogen-bond donors (Lipinski definition) is 3. The molecule has 0 aliphatic carbocycles. The molecule has 0 aliphatic heterocycles. The SMILES string of the molecule is CCCCCCCCCCCCCC(=O)C(OCCO)(C(=O)CCCCCCCCCCCCC)C(O)CO. The molecule has 0 saturated carbocycles. The number of aliphatic hydroxyl groups is 3. The molecule has 0 aromatic heterocycles. The average Bonchev–Trinajstić information content (AvgIpc) is 2.94. The van der Waals surface area contributed by atoms with Gasteiger partial charge in [0.15, 0.2) is 11.6 Å². The third kappa shape index (κ3) is 18.3. The highest BCUT2D eigenvalue weighted by atomic mass is 16.5. The second-order valence-corrected chi connectivity index (χ2v) is 11.4. The van der Waals surface area contributed by atoms with Crippen LogP contribution in [0.5, 0.6) is 0 Å². The van der Waals surface area contributed by atoms with Gasteiger partial charge >= 0.3 is 0 Å². The van der Waals surface area contributed by atoms with Crippen molar-refractivity contribution in [1.29, 1.82) is 0 Å². The molecule has 232 valence electrons. The molecule has 1 unspecified atom stereocenters. The Kier molecular flexibility index (Phi) is 26.8. The van der Waals surface area contributed by atoms with Crippen molar-refractivity contribution in [2.45, 2.75) is 180 Å². The zero-order valence-corrected chi connectivity index (χ0v) is 25.7. The van der Waals surface area contributed by atoms with Crippen LogP contribution in [-0.2, 0) is 14.3 Å². The molecule has 39 heavy (non-hydrogen) atoms. The zero-order valence-electron chi connectivity index (χ0n) is 25.7. The van der Waals surface area contributed by atoms with E-state index in [1.807, 2.05) is 0 Å². The molecule has 6 heteroatoms. The molecule has 1 atom stereocenters. The van der Waals surface area contributed by atoms with Gasteiger partial charge in [-0.25, -0.2) is 0 Å². The molecule has 0 saturated heterocycles. The first-order valence-corrected chi connectivity index (χ1v) is 16.6. The lowest BCUT2D eigenvalue weighted by Gasteiger charge is -2.34. The van der Waals surface area contributed by atoms with Crippen molar-refractivity contribution in [1.82, 2.24) is 0 Å². The van der Waals surface area contributed by atoms with Crippen LogP contribution in [0.4, 0.5) is 0 Å². The van der Waals surface area contributed by atoms with Crippen LogP contribution in [0.15, 0.2) is 0 Å². The number of Topliss-reactive ketones (excluding diaryl/α,β-unsaturated/α-hetero) is 2. The topological polar surface area (TPSA) is 104 Å². The lowest BCUT2D eigenvalue weighted by Crippen LogP contribution is -2.59. The van der Waals surface area contributed by atoms with Crippen molar-refractivity contribution in [3.63, 3.8) is 0 Å². The summed E-state index contributed by atoms with van der Waals surface area (Å²) in [5, 5.41) is 29.6.